The molecule has 0 amide bonds. The van der Waals surface area contributed by atoms with Gasteiger partial charge >= 0.3 is 0 Å². The first kappa shape index (κ1) is 39.4. The second kappa shape index (κ2) is 17.1. The Morgan fingerprint density at radius 1 is 0.224 bits per heavy atom. The molecule has 67 heavy (non-hydrogen) atoms. The third-order valence-electron chi connectivity index (χ3n) is 12.0. The SMILES string of the molecule is c1ccc(-c2cccc(-c3nc(-c4ccccc4)nc(-c4cccc(-c5ccc6oc7cccc(-c8nc(-c9ccccc9)nc(-c9cccc(-c%10ccccc%10)c9)n8)c7c6c5)c4)n3)c2)cc1. The van der Waals surface area contributed by atoms with Gasteiger partial charge < -0.3 is 4.42 Å². The summed E-state index contributed by atoms with van der Waals surface area (Å²) < 4.78 is 6.54. The first-order chi connectivity index (χ1) is 33.2. The third-order valence-corrected chi connectivity index (χ3v) is 12.0. The summed E-state index contributed by atoms with van der Waals surface area (Å²) in [6, 6.07) is 78.3. The number of benzene rings is 9. The summed E-state index contributed by atoms with van der Waals surface area (Å²) in [7, 11) is 0. The highest BCUT2D eigenvalue weighted by Crippen LogP contribution is 2.39. The molecule has 0 aliphatic carbocycles. The van der Waals surface area contributed by atoms with E-state index in [4.69, 9.17) is 34.3 Å². The zero-order valence-electron chi connectivity index (χ0n) is 36.0. The number of hydrogen-bond donors (Lipinski definition) is 0. The first-order valence-electron chi connectivity index (χ1n) is 22.2. The number of nitrogens with zero attached hydrogens (tertiary/aromatic N) is 6. The number of rotatable bonds is 9. The Bertz CT molecular complexity index is 3740. The highest BCUT2D eigenvalue weighted by atomic mass is 16.3. The highest BCUT2D eigenvalue weighted by molar-refractivity contribution is 6.12. The minimum absolute atomic E-state index is 0.559. The zero-order chi connectivity index (χ0) is 44.5. The Balaban J connectivity index is 0.967. The maximum absolute atomic E-state index is 6.54. The van der Waals surface area contributed by atoms with Crippen molar-refractivity contribution in [1.29, 1.82) is 0 Å². The van der Waals surface area contributed by atoms with Crippen molar-refractivity contribution >= 4 is 21.9 Å². The fourth-order valence-electron chi connectivity index (χ4n) is 8.66. The molecule has 0 aliphatic heterocycles. The monoisotopic (exact) mass is 858 g/mol. The summed E-state index contributed by atoms with van der Waals surface area (Å²) in [5.41, 5.74) is 13.3. The topological polar surface area (TPSA) is 90.5 Å². The zero-order valence-corrected chi connectivity index (χ0v) is 36.0. The Labute approximate surface area is 386 Å². The van der Waals surface area contributed by atoms with Gasteiger partial charge in [0.2, 0.25) is 0 Å². The molecule has 0 saturated heterocycles. The van der Waals surface area contributed by atoms with Crippen LogP contribution in [0.1, 0.15) is 0 Å². The van der Waals surface area contributed by atoms with Gasteiger partial charge in [0.15, 0.2) is 34.9 Å². The predicted octanol–water partition coefficient (Wildman–Crippen LogP) is 15.0. The molecule has 314 valence electrons. The van der Waals surface area contributed by atoms with E-state index in [1.54, 1.807) is 0 Å². The molecule has 0 spiro atoms. The largest absolute Gasteiger partial charge is 0.456 e. The van der Waals surface area contributed by atoms with Gasteiger partial charge in [-0.2, -0.15) is 0 Å². The van der Waals surface area contributed by atoms with Gasteiger partial charge in [0, 0.05) is 44.2 Å². The lowest BCUT2D eigenvalue weighted by atomic mass is 9.99. The minimum Gasteiger partial charge on any atom is -0.456 e. The highest BCUT2D eigenvalue weighted by Gasteiger charge is 2.20. The normalized spacial score (nSPS) is 11.3. The molecular formula is C60H38N6O. The van der Waals surface area contributed by atoms with Crippen LogP contribution >= 0.6 is 0 Å². The second-order valence-corrected chi connectivity index (χ2v) is 16.3. The first-order valence-corrected chi connectivity index (χ1v) is 22.2. The van der Waals surface area contributed by atoms with Gasteiger partial charge in [-0.3, -0.25) is 0 Å². The summed E-state index contributed by atoms with van der Waals surface area (Å²) in [5.74, 6) is 3.53. The molecule has 3 heterocycles. The summed E-state index contributed by atoms with van der Waals surface area (Å²) >= 11 is 0. The molecule has 3 aromatic heterocycles. The van der Waals surface area contributed by atoms with E-state index in [1.807, 2.05) is 91.0 Å². The lowest BCUT2D eigenvalue weighted by Gasteiger charge is -2.11. The standard InChI is InChI=1S/C60H38N6O/c1-5-17-39(18-6-1)43-25-13-28-47(35-43)57-61-55(41-21-9-3-10-22-41)62-58(64-57)49-30-15-27-45(37-49)46-33-34-52-51(38-46)54-50(31-16-32-53(54)67-52)60-65-56(42-23-11-4-12-24-42)63-59(66-60)48-29-14-26-44(36-48)40-19-7-2-8-20-40/h1-38H. The van der Waals surface area contributed by atoms with Crippen LogP contribution in [0.5, 0.6) is 0 Å². The van der Waals surface area contributed by atoms with Crippen molar-refractivity contribution in [1.82, 2.24) is 29.9 Å². The number of hydrogen-bond acceptors (Lipinski definition) is 7. The third kappa shape index (κ3) is 7.81. The molecule has 12 aromatic rings. The smallest absolute Gasteiger partial charge is 0.164 e. The molecule has 0 bridgehead atoms. The molecule has 7 nitrogen and oxygen atoms in total. The molecule has 0 radical (unpaired) electrons. The van der Waals surface area contributed by atoms with Crippen molar-refractivity contribution in [3.63, 3.8) is 0 Å². The summed E-state index contributed by atoms with van der Waals surface area (Å²) in [6.07, 6.45) is 0. The van der Waals surface area contributed by atoms with Crippen LogP contribution in [0.3, 0.4) is 0 Å². The van der Waals surface area contributed by atoms with Crippen LogP contribution in [0.2, 0.25) is 0 Å². The summed E-state index contributed by atoms with van der Waals surface area (Å²) in [6.45, 7) is 0. The van der Waals surface area contributed by atoms with Gasteiger partial charge in [0.25, 0.3) is 0 Å². The van der Waals surface area contributed by atoms with Crippen molar-refractivity contribution in [2.24, 2.45) is 0 Å². The van der Waals surface area contributed by atoms with Gasteiger partial charge in [0.05, 0.1) is 0 Å². The molecule has 7 heteroatoms. The van der Waals surface area contributed by atoms with Gasteiger partial charge in [-0.05, 0) is 69.8 Å². The van der Waals surface area contributed by atoms with Gasteiger partial charge in [-0.15, -0.1) is 0 Å². The van der Waals surface area contributed by atoms with Crippen molar-refractivity contribution in [2.75, 3.05) is 0 Å². The van der Waals surface area contributed by atoms with E-state index in [9.17, 15) is 0 Å². The average Bonchev–Trinajstić information content (AvgIpc) is 3.80. The molecule has 0 saturated carbocycles. The van der Waals surface area contributed by atoms with E-state index in [-0.39, 0.29) is 0 Å². The van der Waals surface area contributed by atoms with Crippen LogP contribution < -0.4 is 0 Å². The molecule has 0 atom stereocenters. The number of furan rings is 1. The summed E-state index contributed by atoms with van der Waals surface area (Å²) in [4.78, 5) is 30.6. The van der Waals surface area contributed by atoms with Gasteiger partial charge in [-0.25, -0.2) is 29.9 Å². The molecule has 0 fully saturated rings. The quantitative estimate of drug-likeness (QED) is 0.143. The van der Waals surface area contributed by atoms with E-state index < -0.39 is 0 Å². The molecule has 9 aromatic carbocycles. The van der Waals surface area contributed by atoms with E-state index in [0.29, 0.717) is 34.9 Å². The molecular weight excluding hydrogens is 821 g/mol. The van der Waals surface area contributed by atoms with E-state index >= 15 is 0 Å². The average molecular weight is 859 g/mol. The fraction of sp³-hybridized carbons (Fsp3) is 0. The maximum Gasteiger partial charge on any atom is 0.164 e. The van der Waals surface area contributed by atoms with Crippen molar-refractivity contribution < 1.29 is 4.42 Å². The maximum atomic E-state index is 6.54. The van der Waals surface area contributed by atoms with Crippen LogP contribution in [-0.4, -0.2) is 29.9 Å². The Morgan fingerprint density at radius 2 is 0.567 bits per heavy atom. The Hall–Kier alpha value is -9.20. The van der Waals surface area contributed by atoms with Gasteiger partial charge in [0.1, 0.15) is 11.2 Å². The molecule has 0 unspecified atom stereocenters. The van der Waals surface area contributed by atoms with Gasteiger partial charge in [-0.1, -0.05) is 194 Å². The summed E-state index contributed by atoms with van der Waals surface area (Å²) in [5, 5.41) is 1.88. The van der Waals surface area contributed by atoms with Crippen LogP contribution in [-0.2, 0) is 0 Å². The number of aromatic nitrogens is 6. The second-order valence-electron chi connectivity index (χ2n) is 16.3. The van der Waals surface area contributed by atoms with Crippen molar-refractivity contribution in [3.8, 4) is 102 Å². The number of fused-ring (bicyclic) bond motifs is 3. The lowest BCUT2D eigenvalue weighted by molar-refractivity contribution is 0.669. The Kier molecular flexibility index (Phi) is 10.0. The van der Waals surface area contributed by atoms with E-state index in [2.05, 4.69) is 140 Å². The van der Waals surface area contributed by atoms with E-state index in [1.165, 1.54) is 0 Å². The predicted molar refractivity (Wildman–Crippen MR) is 269 cm³/mol. The molecule has 0 N–H and O–H groups in total. The van der Waals surface area contributed by atoms with Crippen LogP contribution in [0.15, 0.2) is 235 Å². The fourth-order valence-corrected chi connectivity index (χ4v) is 8.66. The van der Waals surface area contributed by atoms with Crippen molar-refractivity contribution in [3.05, 3.63) is 231 Å². The van der Waals surface area contributed by atoms with Crippen LogP contribution in [0, 0.1) is 0 Å². The van der Waals surface area contributed by atoms with Crippen LogP contribution in [0.4, 0.5) is 0 Å². The van der Waals surface area contributed by atoms with Crippen molar-refractivity contribution in [2.45, 2.75) is 0 Å². The van der Waals surface area contributed by atoms with E-state index in [0.717, 1.165) is 88.7 Å². The Morgan fingerprint density at radius 3 is 1.03 bits per heavy atom. The minimum atomic E-state index is 0.559. The van der Waals surface area contributed by atoms with Crippen LogP contribution in [0.25, 0.3) is 124 Å². The molecule has 0 aliphatic rings. The lowest BCUT2D eigenvalue weighted by Crippen LogP contribution is -2.00. The molecule has 12 rings (SSSR count).